The van der Waals surface area contributed by atoms with E-state index in [1.54, 1.807) is 0 Å². The molecule has 0 saturated heterocycles. The molecule has 0 bridgehead atoms. The summed E-state index contributed by atoms with van der Waals surface area (Å²) in [7, 11) is 0. The number of nitrogens with zero attached hydrogens (tertiary/aromatic N) is 1. The lowest BCUT2D eigenvalue weighted by molar-refractivity contribution is 0.612. The summed E-state index contributed by atoms with van der Waals surface area (Å²) in [5.74, 6) is -0.785. The fraction of sp³-hybridized carbons (Fsp3) is 0.167. The summed E-state index contributed by atoms with van der Waals surface area (Å²) in [4.78, 5) is 3.43. The van der Waals surface area contributed by atoms with Crippen LogP contribution in [0.25, 0.3) is 0 Å². The van der Waals surface area contributed by atoms with Gasteiger partial charge in [-0.3, -0.25) is 4.98 Å². The molecule has 0 amide bonds. The fourth-order valence-electron chi connectivity index (χ4n) is 0.375. The first-order chi connectivity index (χ1) is 5.02. The lowest BCUT2D eigenvalue weighted by atomic mass is 10.3. The minimum atomic E-state index is -2.38. The summed E-state index contributed by atoms with van der Waals surface area (Å²) in [6.45, 7) is -2.38. The van der Waals surface area contributed by atoms with Crippen molar-refractivity contribution in [3.8, 4) is 0 Å². The number of hydrogen-bond acceptors (Lipinski definition) is 1. The summed E-state index contributed by atoms with van der Waals surface area (Å²) < 4.78 is 33.3. The zero-order valence-corrected chi connectivity index (χ0v) is 4.06. The topological polar surface area (TPSA) is 12.9 Å². The number of halogens is 1. The first kappa shape index (κ1) is 2.58. The molecule has 8 heavy (non-hydrogen) atoms. The van der Waals surface area contributed by atoms with Crippen LogP contribution in [0, 0.1) is 12.7 Å². The molecule has 0 unspecified atom stereocenters. The number of pyridine rings is 1. The number of hydrogen-bond donors (Lipinski definition) is 0. The molecule has 42 valence electrons. The molecule has 1 aromatic heterocycles. The van der Waals surface area contributed by atoms with Crippen molar-refractivity contribution in [2.45, 2.75) is 6.85 Å². The van der Waals surface area contributed by atoms with Gasteiger partial charge in [0.25, 0.3) is 0 Å². The summed E-state index contributed by atoms with van der Waals surface area (Å²) >= 11 is 0. The Morgan fingerprint density at radius 2 is 2.75 bits per heavy atom. The molecule has 0 atom stereocenters. The van der Waals surface area contributed by atoms with Crippen LogP contribution < -0.4 is 0 Å². The van der Waals surface area contributed by atoms with Gasteiger partial charge in [0.1, 0.15) is 5.82 Å². The van der Waals surface area contributed by atoms with E-state index in [-0.39, 0.29) is 5.56 Å². The molecule has 0 aromatic carbocycles. The third-order valence-electron chi connectivity index (χ3n) is 0.772. The van der Waals surface area contributed by atoms with Crippen molar-refractivity contribution < 1.29 is 8.50 Å². The zero-order valence-electron chi connectivity index (χ0n) is 7.06. The highest BCUT2D eigenvalue weighted by atomic mass is 19.1. The Morgan fingerprint density at radius 3 is 3.25 bits per heavy atom. The third-order valence-corrected chi connectivity index (χ3v) is 0.772. The molecule has 0 spiro atoms. The van der Waals surface area contributed by atoms with Crippen molar-refractivity contribution in [2.75, 3.05) is 0 Å². The average Bonchev–Trinajstić information content (AvgIpc) is 1.86. The molecule has 0 N–H and O–H groups in total. The SMILES string of the molecule is [2H]C([2H])([2H])c1ccncc1F. The maximum absolute atomic E-state index is 12.7. The summed E-state index contributed by atoms with van der Waals surface area (Å²) in [5, 5.41) is 0. The van der Waals surface area contributed by atoms with E-state index in [0.29, 0.717) is 0 Å². The molecule has 0 fully saturated rings. The molecule has 0 aliphatic rings. The quantitative estimate of drug-likeness (QED) is 0.498. The van der Waals surface area contributed by atoms with E-state index in [0.717, 1.165) is 12.3 Å². The molecule has 0 radical (unpaired) electrons. The zero-order chi connectivity index (χ0) is 8.48. The van der Waals surface area contributed by atoms with Crippen molar-refractivity contribution in [1.29, 1.82) is 0 Å². The Morgan fingerprint density at radius 1 is 1.88 bits per heavy atom. The van der Waals surface area contributed by atoms with E-state index >= 15 is 0 Å². The van der Waals surface area contributed by atoms with Gasteiger partial charge >= 0.3 is 0 Å². The fourth-order valence-corrected chi connectivity index (χ4v) is 0.375. The molecule has 1 heterocycles. The van der Waals surface area contributed by atoms with Crippen LogP contribution in [0.2, 0.25) is 0 Å². The Balaban J connectivity index is 3.14. The normalized spacial score (nSPS) is 16.4. The van der Waals surface area contributed by atoms with Gasteiger partial charge in [-0.1, -0.05) is 0 Å². The summed E-state index contributed by atoms with van der Waals surface area (Å²) in [6, 6.07) is 1.16. The van der Waals surface area contributed by atoms with Gasteiger partial charge in [-0.2, -0.15) is 0 Å². The van der Waals surface area contributed by atoms with Crippen LogP contribution in [0.1, 0.15) is 9.68 Å². The van der Waals surface area contributed by atoms with Crippen LogP contribution in [0.5, 0.6) is 0 Å². The second-order valence-corrected chi connectivity index (χ2v) is 1.36. The predicted molar refractivity (Wildman–Crippen MR) is 28.9 cm³/mol. The van der Waals surface area contributed by atoms with Crippen molar-refractivity contribution in [3.05, 3.63) is 29.8 Å². The lowest BCUT2D eigenvalue weighted by Gasteiger charge is -1.88. The smallest absolute Gasteiger partial charge is 0.144 e. The monoisotopic (exact) mass is 114 g/mol. The van der Waals surface area contributed by atoms with E-state index in [9.17, 15) is 4.39 Å². The second-order valence-electron chi connectivity index (χ2n) is 1.36. The van der Waals surface area contributed by atoms with Crippen LogP contribution >= 0.6 is 0 Å². The van der Waals surface area contributed by atoms with Crippen molar-refractivity contribution in [3.63, 3.8) is 0 Å². The van der Waals surface area contributed by atoms with Gasteiger partial charge in [0.2, 0.25) is 0 Å². The van der Waals surface area contributed by atoms with Gasteiger partial charge in [0.05, 0.1) is 6.20 Å². The van der Waals surface area contributed by atoms with Crippen molar-refractivity contribution >= 4 is 0 Å². The highest BCUT2D eigenvalue weighted by Crippen LogP contribution is 1.99. The largest absolute Gasteiger partial charge is 0.262 e. The molecular formula is C6H6FN. The van der Waals surface area contributed by atoms with E-state index in [4.69, 9.17) is 4.11 Å². The standard InChI is InChI=1S/C6H6FN/c1-5-2-3-8-4-6(5)7/h2-4H,1H3/i1D3. The van der Waals surface area contributed by atoms with Gasteiger partial charge in [0.15, 0.2) is 0 Å². The number of rotatable bonds is 0. The minimum absolute atomic E-state index is 0.285. The van der Waals surface area contributed by atoms with Crippen LogP contribution in [0.3, 0.4) is 0 Å². The Hall–Kier alpha value is -0.920. The second kappa shape index (κ2) is 1.90. The lowest BCUT2D eigenvalue weighted by Crippen LogP contribution is -1.80. The molecule has 1 nitrogen and oxygen atoms in total. The summed E-state index contributed by atoms with van der Waals surface area (Å²) in [5.41, 5.74) is -0.285. The Bertz CT molecular complexity index is 258. The molecule has 0 aliphatic carbocycles. The van der Waals surface area contributed by atoms with Crippen molar-refractivity contribution in [2.24, 2.45) is 0 Å². The number of aryl methyl sites for hydroxylation is 1. The first-order valence-electron chi connectivity index (χ1n) is 3.62. The van der Waals surface area contributed by atoms with Crippen molar-refractivity contribution in [1.82, 2.24) is 4.98 Å². The molecule has 0 aliphatic heterocycles. The van der Waals surface area contributed by atoms with Gasteiger partial charge in [-0.15, -0.1) is 0 Å². The maximum Gasteiger partial charge on any atom is 0.144 e. The van der Waals surface area contributed by atoms with Gasteiger partial charge < -0.3 is 0 Å². The van der Waals surface area contributed by atoms with Gasteiger partial charge in [-0.25, -0.2) is 4.39 Å². The molecule has 0 saturated carbocycles. The van der Waals surface area contributed by atoms with Crippen LogP contribution in [0.15, 0.2) is 18.5 Å². The van der Waals surface area contributed by atoms with E-state index < -0.39 is 12.7 Å². The minimum Gasteiger partial charge on any atom is -0.262 e. The Kier molecular flexibility index (Phi) is 0.613. The molecule has 1 aromatic rings. The molecule has 2 heteroatoms. The van der Waals surface area contributed by atoms with Crippen LogP contribution in [-0.4, -0.2) is 4.98 Å². The van der Waals surface area contributed by atoms with E-state index in [1.807, 2.05) is 0 Å². The average molecular weight is 114 g/mol. The van der Waals surface area contributed by atoms with E-state index in [2.05, 4.69) is 4.98 Å². The third kappa shape index (κ3) is 0.832. The maximum atomic E-state index is 12.7. The summed E-state index contributed by atoms with van der Waals surface area (Å²) in [6.07, 6.45) is 2.15. The Labute approximate surface area is 51.4 Å². The van der Waals surface area contributed by atoms with Gasteiger partial charge in [0, 0.05) is 10.3 Å². The van der Waals surface area contributed by atoms with Crippen LogP contribution in [0.4, 0.5) is 4.39 Å². The highest BCUT2D eigenvalue weighted by Gasteiger charge is 1.89. The first-order valence-corrected chi connectivity index (χ1v) is 2.12. The van der Waals surface area contributed by atoms with E-state index in [1.165, 1.54) is 6.20 Å². The van der Waals surface area contributed by atoms with Crippen LogP contribution in [-0.2, 0) is 0 Å². The van der Waals surface area contributed by atoms with Gasteiger partial charge in [-0.05, 0) is 18.5 Å². The highest BCUT2D eigenvalue weighted by molar-refractivity contribution is 5.08. The molecular weight excluding hydrogens is 105 g/mol. The predicted octanol–water partition coefficient (Wildman–Crippen LogP) is 1.53. The molecule has 1 rings (SSSR count). The number of aromatic nitrogens is 1.